The molecule has 13 heavy (non-hydrogen) atoms. The molecule has 0 saturated carbocycles. The van der Waals surface area contributed by atoms with Gasteiger partial charge in [0.1, 0.15) is 0 Å². The Kier molecular flexibility index (Phi) is 3.29. The molecule has 1 aliphatic heterocycles. The van der Waals surface area contributed by atoms with Gasteiger partial charge in [-0.25, -0.2) is 0 Å². The minimum atomic E-state index is 0.676. The highest BCUT2D eigenvalue weighted by Gasteiger charge is 2.25. The molecular weight excluding hydrogens is 158 g/mol. The van der Waals surface area contributed by atoms with Crippen LogP contribution >= 0.6 is 0 Å². The van der Waals surface area contributed by atoms with Gasteiger partial charge in [0, 0.05) is 17.3 Å². The van der Waals surface area contributed by atoms with Crippen molar-refractivity contribution in [2.75, 3.05) is 0 Å². The zero-order valence-electron chi connectivity index (χ0n) is 9.52. The van der Waals surface area contributed by atoms with Gasteiger partial charge in [0.05, 0.1) is 0 Å². The van der Waals surface area contributed by atoms with Crippen LogP contribution in [-0.2, 0) is 0 Å². The Bertz CT molecular complexity index is 248. The molecule has 1 heterocycles. The molecule has 0 aromatic carbocycles. The third-order valence-electron chi connectivity index (χ3n) is 3.36. The van der Waals surface area contributed by atoms with Crippen LogP contribution in [0.25, 0.3) is 0 Å². The summed E-state index contributed by atoms with van der Waals surface area (Å²) in [6.45, 7) is 11.2. The lowest BCUT2D eigenvalue weighted by molar-refractivity contribution is 0.485. The van der Waals surface area contributed by atoms with Crippen LogP contribution in [0.15, 0.2) is 16.3 Å². The van der Waals surface area contributed by atoms with Crippen molar-refractivity contribution >= 4 is 5.71 Å². The van der Waals surface area contributed by atoms with Crippen molar-refractivity contribution in [2.24, 2.45) is 16.8 Å². The van der Waals surface area contributed by atoms with Crippen LogP contribution in [0.4, 0.5) is 0 Å². The molecule has 0 fully saturated rings. The topological polar surface area (TPSA) is 12.4 Å². The molecule has 0 aromatic heterocycles. The third kappa shape index (κ3) is 1.84. The zero-order chi connectivity index (χ0) is 10.0. The molecular formula is C12H21N. The summed E-state index contributed by atoms with van der Waals surface area (Å²) in [5.74, 6) is 1.37. The van der Waals surface area contributed by atoms with Gasteiger partial charge in [-0.3, -0.25) is 4.99 Å². The summed E-state index contributed by atoms with van der Waals surface area (Å²) in [5.41, 5.74) is 4.15. The molecule has 0 amide bonds. The SMILES string of the molecule is CCC1=C(C)C(C)C(CC)C(C)=N1. The second kappa shape index (κ2) is 4.08. The predicted octanol–water partition coefficient (Wildman–Crippen LogP) is 3.81. The highest BCUT2D eigenvalue weighted by Crippen LogP contribution is 2.32. The van der Waals surface area contributed by atoms with E-state index in [0.29, 0.717) is 11.8 Å². The molecule has 1 aliphatic rings. The van der Waals surface area contributed by atoms with E-state index in [1.807, 2.05) is 0 Å². The van der Waals surface area contributed by atoms with E-state index in [4.69, 9.17) is 0 Å². The smallest absolute Gasteiger partial charge is 0.0392 e. The molecule has 0 spiro atoms. The van der Waals surface area contributed by atoms with Gasteiger partial charge < -0.3 is 0 Å². The van der Waals surface area contributed by atoms with Crippen molar-refractivity contribution in [2.45, 2.75) is 47.5 Å². The Morgan fingerprint density at radius 2 is 1.85 bits per heavy atom. The Balaban J connectivity index is 2.99. The van der Waals surface area contributed by atoms with Crippen molar-refractivity contribution in [1.82, 2.24) is 0 Å². The summed E-state index contributed by atoms with van der Waals surface area (Å²) >= 11 is 0. The van der Waals surface area contributed by atoms with Crippen LogP contribution in [0.3, 0.4) is 0 Å². The van der Waals surface area contributed by atoms with Gasteiger partial charge in [-0.1, -0.05) is 20.8 Å². The fraction of sp³-hybridized carbons (Fsp3) is 0.750. The highest BCUT2D eigenvalue weighted by molar-refractivity contribution is 5.86. The Morgan fingerprint density at radius 1 is 1.23 bits per heavy atom. The molecule has 1 heteroatoms. The third-order valence-corrected chi connectivity index (χ3v) is 3.36. The van der Waals surface area contributed by atoms with Gasteiger partial charge >= 0.3 is 0 Å². The van der Waals surface area contributed by atoms with Gasteiger partial charge in [0.25, 0.3) is 0 Å². The van der Waals surface area contributed by atoms with E-state index in [1.165, 1.54) is 23.4 Å². The lowest BCUT2D eigenvalue weighted by Crippen LogP contribution is -2.24. The van der Waals surface area contributed by atoms with E-state index in [9.17, 15) is 0 Å². The average Bonchev–Trinajstić information content (AvgIpc) is 2.12. The van der Waals surface area contributed by atoms with Crippen molar-refractivity contribution in [3.05, 3.63) is 11.3 Å². The molecule has 0 radical (unpaired) electrons. The largest absolute Gasteiger partial charge is 0.262 e. The second-order valence-electron chi connectivity index (χ2n) is 4.04. The minimum Gasteiger partial charge on any atom is -0.262 e. The lowest BCUT2D eigenvalue weighted by atomic mass is 9.80. The normalized spacial score (nSPS) is 29.2. The molecule has 0 aromatic rings. The maximum absolute atomic E-state index is 4.68. The quantitative estimate of drug-likeness (QED) is 0.611. The minimum absolute atomic E-state index is 0.676. The number of nitrogens with zero attached hydrogens (tertiary/aromatic N) is 1. The monoisotopic (exact) mass is 179 g/mol. The van der Waals surface area contributed by atoms with Crippen LogP contribution in [0, 0.1) is 11.8 Å². The molecule has 2 unspecified atom stereocenters. The number of allylic oxidation sites excluding steroid dienone is 2. The van der Waals surface area contributed by atoms with Gasteiger partial charge in [0.15, 0.2) is 0 Å². The fourth-order valence-electron chi connectivity index (χ4n) is 2.32. The molecule has 0 N–H and O–H groups in total. The summed E-state index contributed by atoms with van der Waals surface area (Å²) < 4.78 is 0. The number of rotatable bonds is 2. The van der Waals surface area contributed by atoms with Gasteiger partial charge in [-0.15, -0.1) is 0 Å². The predicted molar refractivity (Wildman–Crippen MR) is 59.0 cm³/mol. The van der Waals surface area contributed by atoms with E-state index in [2.05, 4.69) is 39.6 Å². The van der Waals surface area contributed by atoms with Gasteiger partial charge in [-0.2, -0.15) is 0 Å². The first-order valence-electron chi connectivity index (χ1n) is 5.36. The van der Waals surface area contributed by atoms with E-state index in [1.54, 1.807) is 0 Å². The van der Waals surface area contributed by atoms with E-state index < -0.39 is 0 Å². The van der Waals surface area contributed by atoms with E-state index in [0.717, 1.165) is 6.42 Å². The summed E-state index contributed by atoms with van der Waals surface area (Å²) in [6, 6.07) is 0. The molecule has 2 atom stereocenters. The zero-order valence-corrected chi connectivity index (χ0v) is 9.52. The van der Waals surface area contributed by atoms with Crippen LogP contribution in [0.1, 0.15) is 47.5 Å². The van der Waals surface area contributed by atoms with Crippen molar-refractivity contribution in [3.63, 3.8) is 0 Å². The van der Waals surface area contributed by atoms with Crippen LogP contribution in [0.2, 0.25) is 0 Å². The summed E-state index contributed by atoms with van der Waals surface area (Å²) in [5, 5.41) is 0. The van der Waals surface area contributed by atoms with Gasteiger partial charge in [0.2, 0.25) is 0 Å². The highest BCUT2D eigenvalue weighted by atomic mass is 14.8. The first-order chi connectivity index (χ1) is 6.11. The molecule has 1 rings (SSSR count). The van der Waals surface area contributed by atoms with Crippen LogP contribution in [0.5, 0.6) is 0 Å². The number of aliphatic imine (C=N–C) groups is 1. The summed E-state index contributed by atoms with van der Waals surface area (Å²) in [6.07, 6.45) is 2.29. The van der Waals surface area contributed by atoms with E-state index >= 15 is 0 Å². The first kappa shape index (κ1) is 10.5. The maximum atomic E-state index is 4.68. The van der Waals surface area contributed by atoms with E-state index in [-0.39, 0.29) is 0 Å². The summed E-state index contributed by atoms with van der Waals surface area (Å²) in [4.78, 5) is 4.68. The lowest BCUT2D eigenvalue weighted by Gasteiger charge is -2.29. The standard InChI is InChI=1S/C12H21N/c1-6-11-8(3)9(4)12(7-2)13-10(11)5/h8,11H,6-7H2,1-5H3. The summed E-state index contributed by atoms with van der Waals surface area (Å²) in [7, 11) is 0. The molecule has 0 saturated heterocycles. The second-order valence-corrected chi connectivity index (χ2v) is 4.04. The Labute approximate surface area is 82.0 Å². The molecule has 0 bridgehead atoms. The average molecular weight is 179 g/mol. The molecule has 1 nitrogen and oxygen atoms in total. The molecule has 0 aliphatic carbocycles. The van der Waals surface area contributed by atoms with Gasteiger partial charge in [-0.05, 0) is 38.2 Å². The van der Waals surface area contributed by atoms with Crippen LogP contribution < -0.4 is 0 Å². The van der Waals surface area contributed by atoms with Crippen molar-refractivity contribution in [1.29, 1.82) is 0 Å². The fourth-order valence-corrected chi connectivity index (χ4v) is 2.32. The van der Waals surface area contributed by atoms with Crippen LogP contribution in [-0.4, -0.2) is 5.71 Å². The Morgan fingerprint density at radius 3 is 2.31 bits per heavy atom. The van der Waals surface area contributed by atoms with Crippen molar-refractivity contribution < 1.29 is 0 Å². The Hall–Kier alpha value is -0.590. The first-order valence-corrected chi connectivity index (χ1v) is 5.36. The molecule has 74 valence electrons. The number of hydrogen-bond acceptors (Lipinski definition) is 1. The number of hydrogen-bond donors (Lipinski definition) is 0. The maximum Gasteiger partial charge on any atom is 0.0392 e. The van der Waals surface area contributed by atoms with Crippen molar-refractivity contribution in [3.8, 4) is 0 Å².